The number of hydrogen-bond acceptors (Lipinski definition) is 3. The average Bonchev–Trinajstić information content (AvgIpc) is 2.45. The molecule has 1 heterocycles. The molecule has 1 aromatic carbocycles. The van der Waals surface area contributed by atoms with Gasteiger partial charge in [0.2, 0.25) is 0 Å². The van der Waals surface area contributed by atoms with Crippen molar-refractivity contribution < 1.29 is 4.79 Å². The van der Waals surface area contributed by atoms with Gasteiger partial charge in [0.1, 0.15) is 0 Å². The number of carbonyl (C=O) groups is 1. The molecule has 1 amide bonds. The van der Waals surface area contributed by atoms with Crippen LogP contribution in [0.25, 0.3) is 0 Å². The molecule has 0 fully saturated rings. The summed E-state index contributed by atoms with van der Waals surface area (Å²) in [5.74, 6) is -0.145. The summed E-state index contributed by atoms with van der Waals surface area (Å²) in [5, 5.41) is 6.36. The van der Waals surface area contributed by atoms with Crippen LogP contribution in [0.5, 0.6) is 0 Å². The van der Waals surface area contributed by atoms with Crippen LogP contribution in [-0.2, 0) is 6.54 Å². The van der Waals surface area contributed by atoms with Gasteiger partial charge in [-0.3, -0.25) is 9.78 Å². The van der Waals surface area contributed by atoms with Crippen molar-refractivity contribution in [3.63, 3.8) is 0 Å². The second-order valence-corrected chi connectivity index (χ2v) is 5.46. The minimum atomic E-state index is -0.145. The summed E-state index contributed by atoms with van der Waals surface area (Å²) in [4.78, 5) is 15.7. The molecule has 0 aliphatic carbocycles. The van der Waals surface area contributed by atoms with Crippen LogP contribution in [-0.4, -0.2) is 17.9 Å². The monoisotopic (exact) mass is 353 g/mol. The molecule has 2 rings (SSSR count). The molecule has 6 heteroatoms. The van der Waals surface area contributed by atoms with E-state index in [0.29, 0.717) is 22.8 Å². The molecular formula is C14H13BrClN3O. The molecule has 0 spiro atoms. The highest BCUT2D eigenvalue weighted by atomic mass is 79.9. The Kier molecular flexibility index (Phi) is 4.98. The van der Waals surface area contributed by atoms with Gasteiger partial charge >= 0.3 is 0 Å². The van der Waals surface area contributed by atoms with Crippen molar-refractivity contribution in [1.82, 2.24) is 10.3 Å². The highest BCUT2D eigenvalue weighted by Crippen LogP contribution is 2.24. The fraction of sp³-hybridized carbons (Fsp3) is 0.143. The minimum absolute atomic E-state index is 0.145. The van der Waals surface area contributed by atoms with Crippen LogP contribution in [0.4, 0.5) is 5.69 Å². The quantitative estimate of drug-likeness (QED) is 0.884. The normalized spacial score (nSPS) is 10.2. The third-order valence-corrected chi connectivity index (χ3v) is 3.46. The molecule has 0 atom stereocenters. The van der Waals surface area contributed by atoms with Crippen molar-refractivity contribution in [2.45, 2.75) is 6.54 Å². The fourth-order valence-corrected chi connectivity index (χ4v) is 2.29. The number of carbonyl (C=O) groups excluding carboxylic acids is 1. The molecule has 0 radical (unpaired) electrons. The van der Waals surface area contributed by atoms with Gasteiger partial charge in [0.15, 0.2) is 0 Å². The van der Waals surface area contributed by atoms with E-state index in [1.54, 1.807) is 37.6 Å². The Balaban J connectivity index is 2.14. The van der Waals surface area contributed by atoms with Gasteiger partial charge in [-0.15, -0.1) is 0 Å². The molecular weight excluding hydrogens is 342 g/mol. The Bertz CT molecular complexity index is 634. The number of aromatic nitrogens is 1. The van der Waals surface area contributed by atoms with Crippen LogP contribution in [0.3, 0.4) is 0 Å². The van der Waals surface area contributed by atoms with Crippen LogP contribution >= 0.6 is 27.5 Å². The second-order valence-electron chi connectivity index (χ2n) is 4.14. The number of nitrogens with zero attached hydrogens (tertiary/aromatic N) is 1. The molecule has 0 aliphatic rings. The predicted molar refractivity (Wildman–Crippen MR) is 84.1 cm³/mol. The number of amides is 1. The molecule has 2 aromatic rings. The van der Waals surface area contributed by atoms with E-state index in [2.05, 4.69) is 31.5 Å². The van der Waals surface area contributed by atoms with E-state index >= 15 is 0 Å². The first-order chi connectivity index (χ1) is 9.60. The maximum atomic E-state index is 11.6. The van der Waals surface area contributed by atoms with Gasteiger partial charge in [-0.25, -0.2) is 0 Å². The predicted octanol–water partition coefficient (Wildman–Crippen LogP) is 3.47. The molecule has 0 saturated heterocycles. The Morgan fingerprint density at radius 2 is 2.15 bits per heavy atom. The largest absolute Gasteiger partial charge is 0.380 e. The number of hydrogen-bond donors (Lipinski definition) is 2. The molecule has 104 valence electrons. The summed E-state index contributed by atoms with van der Waals surface area (Å²) in [6, 6.07) is 7.09. The molecule has 0 aliphatic heterocycles. The van der Waals surface area contributed by atoms with Gasteiger partial charge < -0.3 is 10.6 Å². The molecule has 0 bridgehead atoms. The molecule has 0 unspecified atom stereocenters. The third kappa shape index (κ3) is 3.71. The summed E-state index contributed by atoms with van der Waals surface area (Å²) >= 11 is 9.50. The number of benzene rings is 1. The topological polar surface area (TPSA) is 54.0 Å². The van der Waals surface area contributed by atoms with Crippen LogP contribution in [0.15, 0.2) is 41.1 Å². The summed E-state index contributed by atoms with van der Waals surface area (Å²) < 4.78 is 0.919. The van der Waals surface area contributed by atoms with Gasteiger partial charge in [-0.1, -0.05) is 11.6 Å². The van der Waals surface area contributed by atoms with E-state index in [-0.39, 0.29) is 5.91 Å². The number of anilines is 1. The third-order valence-electron chi connectivity index (χ3n) is 2.70. The summed E-state index contributed by atoms with van der Waals surface area (Å²) in [6.45, 7) is 0.573. The first-order valence-electron chi connectivity index (χ1n) is 5.95. The minimum Gasteiger partial charge on any atom is -0.380 e. The summed E-state index contributed by atoms with van der Waals surface area (Å²) in [6.07, 6.45) is 3.50. The first-order valence-corrected chi connectivity index (χ1v) is 7.12. The SMILES string of the molecule is CNC(=O)c1ccc(Cl)c(NCc2cncc(Br)c2)c1. The van der Waals surface area contributed by atoms with Crippen LogP contribution in [0.2, 0.25) is 5.02 Å². The van der Waals surface area contributed by atoms with E-state index in [1.807, 2.05) is 6.07 Å². The van der Waals surface area contributed by atoms with E-state index in [0.717, 1.165) is 10.0 Å². The summed E-state index contributed by atoms with van der Waals surface area (Å²) in [5.41, 5.74) is 2.29. The average molecular weight is 355 g/mol. The fourth-order valence-electron chi connectivity index (χ4n) is 1.70. The van der Waals surface area contributed by atoms with Crippen molar-refractivity contribution in [2.24, 2.45) is 0 Å². The van der Waals surface area contributed by atoms with E-state index in [4.69, 9.17) is 11.6 Å². The van der Waals surface area contributed by atoms with Gasteiger partial charge in [0, 0.05) is 36.0 Å². The zero-order valence-corrected chi connectivity index (χ0v) is 13.1. The summed E-state index contributed by atoms with van der Waals surface area (Å²) in [7, 11) is 1.59. The zero-order chi connectivity index (χ0) is 14.5. The van der Waals surface area contributed by atoms with Crippen LogP contribution in [0.1, 0.15) is 15.9 Å². The van der Waals surface area contributed by atoms with Gasteiger partial charge in [-0.05, 0) is 45.8 Å². The van der Waals surface area contributed by atoms with Crippen LogP contribution < -0.4 is 10.6 Å². The standard InChI is InChI=1S/C14H13BrClN3O/c1-17-14(20)10-2-3-12(16)13(5-10)19-7-9-4-11(15)8-18-6-9/h2-6,8,19H,7H2,1H3,(H,17,20). The molecule has 1 aromatic heterocycles. The highest BCUT2D eigenvalue weighted by Gasteiger charge is 2.07. The molecule has 2 N–H and O–H groups in total. The lowest BCUT2D eigenvalue weighted by atomic mass is 10.2. The van der Waals surface area contributed by atoms with Crippen molar-refractivity contribution >= 4 is 39.1 Å². The van der Waals surface area contributed by atoms with Crippen LogP contribution in [0, 0.1) is 0 Å². The van der Waals surface area contributed by atoms with E-state index in [9.17, 15) is 4.79 Å². The van der Waals surface area contributed by atoms with E-state index < -0.39 is 0 Å². The Hall–Kier alpha value is -1.59. The van der Waals surface area contributed by atoms with Crippen molar-refractivity contribution in [3.8, 4) is 0 Å². The zero-order valence-electron chi connectivity index (χ0n) is 10.8. The second kappa shape index (κ2) is 6.72. The lowest BCUT2D eigenvalue weighted by Crippen LogP contribution is -2.17. The molecule has 4 nitrogen and oxygen atoms in total. The molecule has 20 heavy (non-hydrogen) atoms. The lowest BCUT2D eigenvalue weighted by Gasteiger charge is -2.10. The smallest absolute Gasteiger partial charge is 0.251 e. The highest BCUT2D eigenvalue weighted by molar-refractivity contribution is 9.10. The van der Waals surface area contributed by atoms with Crippen molar-refractivity contribution in [1.29, 1.82) is 0 Å². The maximum Gasteiger partial charge on any atom is 0.251 e. The van der Waals surface area contributed by atoms with Crippen molar-refractivity contribution in [2.75, 3.05) is 12.4 Å². The van der Waals surface area contributed by atoms with Gasteiger partial charge in [0.25, 0.3) is 5.91 Å². The molecule has 0 saturated carbocycles. The Morgan fingerprint density at radius 3 is 2.85 bits per heavy atom. The Morgan fingerprint density at radius 1 is 1.35 bits per heavy atom. The number of rotatable bonds is 4. The maximum absolute atomic E-state index is 11.6. The lowest BCUT2D eigenvalue weighted by molar-refractivity contribution is 0.0963. The van der Waals surface area contributed by atoms with E-state index in [1.165, 1.54) is 0 Å². The number of halogens is 2. The first kappa shape index (κ1) is 14.8. The van der Waals surface area contributed by atoms with Crippen molar-refractivity contribution in [3.05, 3.63) is 57.3 Å². The number of pyridine rings is 1. The van der Waals surface area contributed by atoms with Gasteiger partial charge in [-0.2, -0.15) is 0 Å². The van der Waals surface area contributed by atoms with Gasteiger partial charge in [0.05, 0.1) is 10.7 Å². The number of nitrogens with one attached hydrogen (secondary N) is 2. The Labute approximate surface area is 130 Å².